The lowest BCUT2D eigenvalue weighted by atomic mass is 9.95. The minimum atomic E-state index is -0.230. The van der Waals surface area contributed by atoms with Crippen molar-refractivity contribution in [3.05, 3.63) is 114 Å². The molecule has 0 bridgehead atoms. The third kappa shape index (κ3) is 3.57. The first-order valence-corrected chi connectivity index (χ1v) is 8.67. The van der Waals surface area contributed by atoms with Crippen LogP contribution in [-0.2, 0) is 0 Å². The Balaban J connectivity index is 1.63. The molecular weight excluding hydrogens is 323 g/mol. The zero-order valence-corrected chi connectivity index (χ0v) is 14.2. The molecule has 3 aromatic carbocycles. The third-order valence-electron chi connectivity index (χ3n) is 4.50. The molecule has 1 heterocycles. The smallest absolute Gasteiger partial charge is 0.123 e. The Morgan fingerprint density at radius 2 is 1.35 bits per heavy atom. The molecule has 0 amide bonds. The van der Waals surface area contributed by atoms with Gasteiger partial charge in [-0.15, -0.1) is 0 Å². The summed E-state index contributed by atoms with van der Waals surface area (Å²) >= 11 is 0. The Labute approximate surface area is 152 Å². The third-order valence-corrected chi connectivity index (χ3v) is 4.50. The minimum absolute atomic E-state index is 0.0199. The van der Waals surface area contributed by atoms with Gasteiger partial charge in [0, 0.05) is 0 Å². The van der Waals surface area contributed by atoms with Gasteiger partial charge in [-0.2, -0.15) is 0 Å². The van der Waals surface area contributed by atoms with Gasteiger partial charge in [0.15, 0.2) is 0 Å². The van der Waals surface area contributed by atoms with Gasteiger partial charge >= 0.3 is 0 Å². The summed E-state index contributed by atoms with van der Waals surface area (Å²) in [6.07, 6.45) is 3.90. The zero-order chi connectivity index (χ0) is 17.8. The number of hydrogen-bond acceptors (Lipinski definition) is 2. The summed E-state index contributed by atoms with van der Waals surface area (Å²) < 4.78 is 13.0. The van der Waals surface area contributed by atoms with E-state index in [1.807, 2.05) is 48.6 Å². The van der Waals surface area contributed by atoms with Gasteiger partial charge in [0.05, 0.1) is 6.04 Å². The Morgan fingerprint density at radius 3 is 2.00 bits per heavy atom. The summed E-state index contributed by atoms with van der Waals surface area (Å²) in [6, 6.07) is 27.2. The van der Waals surface area contributed by atoms with E-state index in [0.29, 0.717) is 0 Å². The highest BCUT2D eigenvalue weighted by Gasteiger charge is 2.30. The molecule has 0 radical (unpaired) electrons. The quantitative estimate of drug-likeness (QED) is 0.681. The van der Waals surface area contributed by atoms with E-state index < -0.39 is 0 Å². The molecule has 1 aliphatic heterocycles. The van der Waals surface area contributed by atoms with Crippen LogP contribution in [0.25, 0.3) is 6.08 Å². The number of rotatable bonds is 4. The van der Waals surface area contributed by atoms with Gasteiger partial charge in [-0.3, -0.25) is 4.99 Å². The molecule has 128 valence electrons. The molecule has 0 aromatic heterocycles. The second-order valence-electron chi connectivity index (χ2n) is 6.29. The fraction of sp³-hybridized carbons (Fsp3) is 0.0870. The molecule has 3 heteroatoms. The number of halogens is 1. The number of nitrogens with zero attached hydrogens (tertiary/aromatic N) is 1. The van der Waals surface area contributed by atoms with Gasteiger partial charge in [-0.25, -0.2) is 4.39 Å². The number of benzene rings is 3. The van der Waals surface area contributed by atoms with Crippen LogP contribution in [-0.4, -0.2) is 5.84 Å². The monoisotopic (exact) mass is 342 g/mol. The van der Waals surface area contributed by atoms with Crippen LogP contribution in [0.15, 0.2) is 96.0 Å². The van der Waals surface area contributed by atoms with E-state index in [0.717, 1.165) is 11.4 Å². The summed E-state index contributed by atoms with van der Waals surface area (Å²) in [5.74, 6) is 0.601. The van der Waals surface area contributed by atoms with Gasteiger partial charge in [-0.05, 0) is 34.9 Å². The fourth-order valence-corrected chi connectivity index (χ4v) is 3.18. The zero-order valence-electron chi connectivity index (χ0n) is 14.2. The lowest BCUT2D eigenvalue weighted by Crippen LogP contribution is -2.23. The second kappa shape index (κ2) is 7.36. The largest absolute Gasteiger partial charge is 0.361 e. The topological polar surface area (TPSA) is 24.4 Å². The summed E-state index contributed by atoms with van der Waals surface area (Å²) in [7, 11) is 0. The van der Waals surface area contributed by atoms with E-state index in [9.17, 15) is 4.39 Å². The van der Waals surface area contributed by atoms with Crippen molar-refractivity contribution in [2.75, 3.05) is 0 Å². The predicted molar refractivity (Wildman–Crippen MR) is 104 cm³/mol. The van der Waals surface area contributed by atoms with Crippen LogP contribution < -0.4 is 5.32 Å². The van der Waals surface area contributed by atoms with Crippen molar-refractivity contribution in [3.8, 4) is 0 Å². The van der Waals surface area contributed by atoms with Gasteiger partial charge in [0.25, 0.3) is 0 Å². The average Bonchev–Trinajstić information content (AvgIpc) is 3.13. The van der Waals surface area contributed by atoms with Crippen LogP contribution >= 0.6 is 0 Å². The molecule has 3 aromatic rings. The van der Waals surface area contributed by atoms with E-state index in [1.165, 1.54) is 23.3 Å². The van der Waals surface area contributed by atoms with Crippen molar-refractivity contribution in [2.24, 2.45) is 4.99 Å². The van der Waals surface area contributed by atoms with Crippen molar-refractivity contribution in [2.45, 2.75) is 12.1 Å². The lowest BCUT2D eigenvalue weighted by Gasteiger charge is -2.19. The number of hydrogen-bond donors (Lipinski definition) is 1. The maximum Gasteiger partial charge on any atom is 0.123 e. The lowest BCUT2D eigenvalue weighted by molar-refractivity contribution is 0.572. The molecule has 2 atom stereocenters. The molecule has 1 N–H and O–H groups in total. The van der Waals surface area contributed by atoms with Crippen molar-refractivity contribution in [1.82, 2.24) is 5.32 Å². The van der Waals surface area contributed by atoms with E-state index in [1.54, 1.807) is 12.1 Å². The Morgan fingerprint density at radius 1 is 0.731 bits per heavy atom. The fourth-order valence-electron chi connectivity index (χ4n) is 3.18. The highest BCUT2D eigenvalue weighted by atomic mass is 19.1. The molecule has 2 nitrogen and oxygen atoms in total. The Hall–Kier alpha value is -3.20. The average molecular weight is 342 g/mol. The van der Waals surface area contributed by atoms with Crippen molar-refractivity contribution >= 4 is 11.9 Å². The first-order chi connectivity index (χ1) is 12.8. The standard InChI is InChI=1S/C23H19FN2/c24-20-14-11-17(12-15-20)13-16-21-25-22(18-7-3-1-4-8-18)23(26-21)19-9-5-2-6-10-19/h1-16,22-23H,(H,25,26)/b16-13-. The molecule has 4 rings (SSSR count). The molecule has 26 heavy (non-hydrogen) atoms. The minimum Gasteiger partial charge on any atom is -0.361 e. The number of amidine groups is 1. The van der Waals surface area contributed by atoms with E-state index >= 15 is 0 Å². The molecule has 0 saturated carbocycles. The maximum absolute atomic E-state index is 13.0. The molecular formula is C23H19FN2. The first-order valence-electron chi connectivity index (χ1n) is 8.67. The van der Waals surface area contributed by atoms with Crippen molar-refractivity contribution < 1.29 is 4.39 Å². The summed E-state index contributed by atoms with van der Waals surface area (Å²) in [5, 5.41) is 3.53. The molecule has 0 fully saturated rings. The van der Waals surface area contributed by atoms with Crippen LogP contribution in [0.5, 0.6) is 0 Å². The van der Waals surface area contributed by atoms with Crippen molar-refractivity contribution in [3.63, 3.8) is 0 Å². The number of nitrogens with one attached hydrogen (secondary N) is 1. The SMILES string of the molecule is Fc1ccc(/C=C\C2=NC(c3ccccc3)C(c3ccccc3)N2)cc1. The van der Waals surface area contributed by atoms with Gasteiger partial charge in [-0.1, -0.05) is 78.9 Å². The maximum atomic E-state index is 13.0. The van der Waals surface area contributed by atoms with Crippen molar-refractivity contribution in [1.29, 1.82) is 0 Å². The van der Waals surface area contributed by atoms with Crippen LogP contribution in [0.1, 0.15) is 28.8 Å². The predicted octanol–water partition coefficient (Wildman–Crippen LogP) is 5.32. The van der Waals surface area contributed by atoms with E-state index in [-0.39, 0.29) is 17.9 Å². The Kier molecular flexibility index (Phi) is 4.61. The van der Waals surface area contributed by atoms with Crippen LogP contribution in [0, 0.1) is 5.82 Å². The second-order valence-corrected chi connectivity index (χ2v) is 6.29. The highest BCUT2D eigenvalue weighted by molar-refractivity contribution is 5.98. The van der Waals surface area contributed by atoms with Crippen LogP contribution in [0.4, 0.5) is 4.39 Å². The molecule has 0 spiro atoms. The highest BCUT2D eigenvalue weighted by Crippen LogP contribution is 2.36. The first kappa shape index (κ1) is 16.3. The van der Waals surface area contributed by atoms with Crippen LogP contribution in [0.3, 0.4) is 0 Å². The number of aliphatic imine (C=N–C) groups is 1. The van der Waals surface area contributed by atoms with Gasteiger partial charge in [0.2, 0.25) is 0 Å². The molecule has 0 saturated heterocycles. The summed E-state index contributed by atoms with van der Waals surface area (Å²) in [4.78, 5) is 4.89. The van der Waals surface area contributed by atoms with Gasteiger partial charge in [0.1, 0.15) is 17.7 Å². The molecule has 0 aliphatic carbocycles. The molecule has 1 aliphatic rings. The van der Waals surface area contributed by atoms with Gasteiger partial charge < -0.3 is 5.32 Å². The van der Waals surface area contributed by atoms with E-state index in [4.69, 9.17) is 4.99 Å². The molecule has 2 unspecified atom stereocenters. The normalized spacial score (nSPS) is 19.3. The summed E-state index contributed by atoms with van der Waals surface area (Å²) in [6.45, 7) is 0. The Bertz CT molecular complexity index is 915. The van der Waals surface area contributed by atoms with Crippen LogP contribution in [0.2, 0.25) is 0 Å². The van der Waals surface area contributed by atoms with E-state index in [2.05, 4.69) is 29.6 Å². The summed E-state index contributed by atoms with van der Waals surface area (Å²) in [5.41, 5.74) is 3.32.